The molecule has 0 saturated carbocycles. The molecule has 0 N–H and O–H groups in total. The van der Waals surface area contributed by atoms with Gasteiger partial charge in [0.25, 0.3) is 0 Å². The molecule has 0 unspecified atom stereocenters. The quantitative estimate of drug-likeness (QED) is 0.729. The van der Waals surface area contributed by atoms with Gasteiger partial charge in [0.05, 0.1) is 18.0 Å². The van der Waals surface area contributed by atoms with Gasteiger partial charge in [-0.1, -0.05) is 23.9 Å². The first-order valence-corrected chi connectivity index (χ1v) is 9.39. The van der Waals surface area contributed by atoms with Gasteiger partial charge in [0, 0.05) is 33.2 Å². The van der Waals surface area contributed by atoms with Gasteiger partial charge in [-0.2, -0.15) is 0 Å². The van der Waals surface area contributed by atoms with Crippen LogP contribution in [0.5, 0.6) is 5.75 Å². The highest BCUT2D eigenvalue weighted by atomic mass is 32.2. The van der Waals surface area contributed by atoms with Crippen LogP contribution >= 0.6 is 11.8 Å². The van der Waals surface area contributed by atoms with Crippen LogP contribution in [0.3, 0.4) is 0 Å². The normalized spacial score (nSPS) is 14.6. The van der Waals surface area contributed by atoms with Crippen LogP contribution < -0.4 is 9.64 Å². The fourth-order valence-corrected chi connectivity index (χ4v) is 3.60. The van der Waals surface area contributed by atoms with Crippen LogP contribution in [0.25, 0.3) is 0 Å². The Bertz CT molecular complexity index is 713. The molecule has 1 saturated heterocycles. The Kier molecular flexibility index (Phi) is 5.80. The maximum absolute atomic E-state index is 12.4. The summed E-state index contributed by atoms with van der Waals surface area (Å²) in [5, 5.41) is 8.58. The van der Waals surface area contributed by atoms with E-state index in [1.54, 1.807) is 6.33 Å². The Morgan fingerprint density at radius 3 is 2.68 bits per heavy atom. The number of hydrogen-bond acceptors (Lipinski definition) is 6. The molecule has 1 amide bonds. The molecule has 0 spiro atoms. The van der Waals surface area contributed by atoms with Crippen molar-refractivity contribution in [1.82, 2.24) is 19.7 Å². The van der Waals surface area contributed by atoms with Crippen LogP contribution in [0, 0.1) is 0 Å². The van der Waals surface area contributed by atoms with E-state index in [0.29, 0.717) is 12.4 Å². The molecule has 1 aromatic carbocycles. The number of amides is 1. The van der Waals surface area contributed by atoms with Gasteiger partial charge in [-0.25, -0.2) is 0 Å². The van der Waals surface area contributed by atoms with Gasteiger partial charge < -0.3 is 19.1 Å². The average Bonchev–Trinajstić information content (AvgIpc) is 3.05. The number of aromatic nitrogens is 3. The molecule has 2 aromatic rings. The van der Waals surface area contributed by atoms with Crippen molar-refractivity contribution in [2.75, 3.05) is 43.4 Å². The zero-order chi connectivity index (χ0) is 17.6. The number of hydrogen-bond donors (Lipinski definition) is 0. The number of aryl methyl sites for hydroxylation is 1. The first-order valence-electron chi connectivity index (χ1n) is 8.40. The minimum Gasteiger partial charge on any atom is -0.492 e. The van der Waals surface area contributed by atoms with Crippen molar-refractivity contribution in [2.45, 2.75) is 12.1 Å². The summed E-state index contributed by atoms with van der Waals surface area (Å²) in [5.74, 6) is 1.44. The summed E-state index contributed by atoms with van der Waals surface area (Å²) in [6.45, 7) is 5.70. The number of para-hydroxylation sites is 2. The van der Waals surface area contributed by atoms with Gasteiger partial charge in [0.15, 0.2) is 5.16 Å². The first kappa shape index (κ1) is 17.6. The zero-order valence-electron chi connectivity index (χ0n) is 14.6. The smallest absolute Gasteiger partial charge is 0.233 e. The number of ether oxygens (including phenoxy) is 1. The number of piperazine rings is 1. The molecule has 2 heterocycles. The fourth-order valence-electron chi connectivity index (χ4n) is 2.81. The summed E-state index contributed by atoms with van der Waals surface area (Å²) in [6, 6.07) is 8.07. The zero-order valence-corrected chi connectivity index (χ0v) is 15.4. The molecule has 1 aliphatic rings. The van der Waals surface area contributed by atoms with E-state index in [2.05, 4.69) is 21.2 Å². The molecule has 1 aliphatic heterocycles. The van der Waals surface area contributed by atoms with Crippen LogP contribution in [0.15, 0.2) is 35.7 Å². The lowest BCUT2D eigenvalue weighted by atomic mass is 10.2. The van der Waals surface area contributed by atoms with Gasteiger partial charge in [0.2, 0.25) is 5.91 Å². The number of carbonyl (C=O) groups excluding carboxylic acids is 1. The Balaban J connectivity index is 1.53. The van der Waals surface area contributed by atoms with E-state index in [9.17, 15) is 4.79 Å². The molecular weight excluding hydrogens is 338 g/mol. The SMILES string of the molecule is CCOc1ccccc1N1CCN(C(=O)CSc2nncn2C)CC1. The highest BCUT2D eigenvalue weighted by Gasteiger charge is 2.23. The lowest BCUT2D eigenvalue weighted by Gasteiger charge is -2.36. The predicted molar refractivity (Wildman–Crippen MR) is 98.1 cm³/mol. The second kappa shape index (κ2) is 8.24. The Morgan fingerprint density at radius 1 is 1.24 bits per heavy atom. The molecule has 3 rings (SSSR count). The fraction of sp³-hybridized carbons (Fsp3) is 0.471. The number of thioether (sulfide) groups is 1. The van der Waals surface area contributed by atoms with Crippen molar-refractivity contribution in [3.63, 3.8) is 0 Å². The van der Waals surface area contributed by atoms with E-state index in [1.807, 2.05) is 41.6 Å². The van der Waals surface area contributed by atoms with Crippen LogP contribution in [0.1, 0.15) is 6.92 Å². The van der Waals surface area contributed by atoms with Crippen molar-refractivity contribution in [1.29, 1.82) is 0 Å². The molecular formula is C17H23N5O2S. The van der Waals surface area contributed by atoms with Crippen molar-refractivity contribution in [3.8, 4) is 5.75 Å². The van der Waals surface area contributed by atoms with Gasteiger partial charge >= 0.3 is 0 Å². The van der Waals surface area contributed by atoms with Crippen LogP contribution in [-0.2, 0) is 11.8 Å². The molecule has 8 heteroatoms. The largest absolute Gasteiger partial charge is 0.492 e. The monoisotopic (exact) mass is 361 g/mol. The Hall–Kier alpha value is -2.22. The Labute approximate surface area is 152 Å². The third kappa shape index (κ3) is 4.25. The summed E-state index contributed by atoms with van der Waals surface area (Å²) < 4.78 is 7.53. The second-order valence-electron chi connectivity index (χ2n) is 5.78. The maximum Gasteiger partial charge on any atom is 0.233 e. The number of benzene rings is 1. The standard InChI is InChI=1S/C17H23N5O2S/c1-3-24-15-7-5-4-6-14(15)21-8-10-22(11-9-21)16(23)12-25-17-19-18-13-20(17)2/h4-7,13H,3,8-12H2,1-2H3. The molecule has 25 heavy (non-hydrogen) atoms. The van der Waals surface area contributed by atoms with Gasteiger partial charge in [0.1, 0.15) is 12.1 Å². The van der Waals surface area contributed by atoms with E-state index < -0.39 is 0 Å². The van der Waals surface area contributed by atoms with Crippen molar-refractivity contribution in [3.05, 3.63) is 30.6 Å². The maximum atomic E-state index is 12.4. The van der Waals surface area contributed by atoms with Gasteiger partial charge in [-0.3, -0.25) is 4.79 Å². The van der Waals surface area contributed by atoms with Crippen LogP contribution in [-0.4, -0.2) is 64.1 Å². The van der Waals surface area contributed by atoms with Crippen molar-refractivity contribution < 1.29 is 9.53 Å². The molecule has 1 aromatic heterocycles. The Morgan fingerprint density at radius 2 is 2.00 bits per heavy atom. The molecule has 0 atom stereocenters. The van der Waals surface area contributed by atoms with Gasteiger partial charge in [-0.15, -0.1) is 10.2 Å². The number of nitrogens with zero attached hydrogens (tertiary/aromatic N) is 5. The summed E-state index contributed by atoms with van der Waals surface area (Å²) in [4.78, 5) is 16.6. The van der Waals surface area contributed by atoms with Gasteiger partial charge in [-0.05, 0) is 19.1 Å². The van der Waals surface area contributed by atoms with E-state index in [0.717, 1.165) is 42.8 Å². The van der Waals surface area contributed by atoms with Crippen LogP contribution in [0.2, 0.25) is 0 Å². The number of rotatable bonds is 6. The third-order valence-corrected chi connectivity index (χ3v) is 5.15. The average molecular weight is 361 g/mol. The second-order valence-corrected chi connectivity index (χ2v) is 6.72. The molecule has 0 aliphatic carbocycles. The summed E-state index contributed by atoms with van der Waals surface area (Å²) in [7, 11) is 1.88. The summed E-state index contributed by atoms with van der Waals surface area (Å²) in [6.07, 6.45) is 1.64. The first-order chi connectivity index (χ1) is 12.2. The predicted octanol–water partition coefficient (Wildman–Crippen LogP) is 1.65. The third-order valence-electron chi connectivity index (χ3n) is 4.13. The highest BCUT2D eigenvalue weighted by molar-refractivity contribution is 7.99. The summed E-state index contributed by atoms with van der Waals surface area (Å²) in [5.41, 5.74) is 1.10. The van der Waals surface area contributed by atoms with Crippen molar-refractivity contribution >= 4 is 23.4 Å². The van der Waals surface area contributed by atoms with Crippen LogP contribution in [0.4, 0.5) is 5.69 Å². The highest BCUT2D eigenvalue weighted by Crippen LogP contribution is 2.29. The molecule has 1 fully saturated rings. The summed E-state index contributed by atoms with van der Waals surface area (Å²) >= 11 is 1.43. The lowest BCUT2D eigenvalue weighted by Crippen LogP contribution is -2.49. The molecule has 0 bridgehead atoms. The number of carbonyl (C=O) groups is 1. The van der Waals surface area contributed by atoms with E-state index in [-0.39, 0.29) is 5.91 Å². The minimum atomic E-state index is 0.144. The molecule has 7 nitrogen and oxygen atoms in total. The number of anilines is 1. The van der Waals surface area contributed by atoms with E-state index >= 15 is 0 Å². The molecule has 134 valence electrons. The minimum absolute atomic E-state index is 0.144. The van der Waals surface area contributed by atoms with Crippen molar-refractivity contribution in [2.24, 2.45) is 7.05 Å². The van der Waals surface area contributed by atoms with E-state index in [4.69, 9.17) is 4.74 Å². The van der Waals surface area contributed by atoms with E-state index in [1.165, 1.54) is 11.8 Å². The topological polar surface area (TPSA) is 63.5 Å². The molecule has 0 radical (unpaired) electrons. The lowest BCUT2D eigenvalue weighted by molar-refractivity contribution is -0.128.